The van der Waals surface area contributed by atoms with Crippen LogP contribution in [0.4, 0.5) is 5.69 Å². The number of anilines is 1. The average molecular weight is 284 g/mol. The summed E-state index contributed by atoms with van der Waals surface area (Å²) in [6, 6.07) is 9.39. The van der Waals surface area contributed by atoms with E-state index in [0.29, 0.717) is 18.7 Å². The van der Waals surface area contributed by atoms with Crippen LogP contribution in [0.3, 0.4) is 0 Å². The second kappa shape index (κ2) is 7.99. The Labute approximate surface area is 124 Å². The van der Waals surface area contributed by atoms with E-state index >= 15 is 0 Å². The lowest BCUT2D eigenvalue weighted by Gasteiger charge is -2.07. The van der Waals surface area contributed by atoms with Gasteiger partial charge in [0.25, 0.3) is 5.91 Å². The molecule has 5 nitrogen and oxygen atoms in total. The highest BCUT2D eigenvalue weighted by Crippen LogP contribution is 2.07. The first kappa shape index (κ1) is 15.0. The Morgan fingerprint density at radius 2 is 2.05 bits per heavy atom. The summed E-state index contributed by atoms with van der Waals surface area (Å²) in [6.07, 6.45) is 5.14. The van der Waals surface area contributed by atoms with Crippen LogP contribution in [0.15, 0.2) is 42.7 Å². The number of rotatable bonds is 7. The van der Waals surface area contributed by atoms with Gasteiger partial charge in [0.1, 0.15) is 5.69 Å². The zero-order valence-corrected chi connectivity index (χ0v) is 12.2. The van der Waals surface area contributed by atoms with Gasteiger partial charge in [-0.15, -0.1) is 0 Å². The van der Waals surface area contributed by atoms with Crippen molar-refractivity contribution < 1.29 is 4.79 Å². The fourth-order valence-corrected chi connectivity index (χ4v) is 1.87. The van der Waals surface area contributed by atoms with Crippen LogP contribution in [0.2, 0.25) is 0 Å². The highest BCUT2D eigenvalue weighted by atomic mass is 16.1. The van der Waals surface area contributed by atoms with E-state index in [4.69, 9.17) is 0 Å². The molecule has 0 unspecified atom stereocenters. The third-order valence-corrected chi connectivity index (χ3v) is 2.96. The minimum absolute atomic E-state index is 0.161. The van der Waals surface area contributed by atoms with Crippen LogP contribution in [0.25, 0.3) is 0 Å². The van der Waals surface area contributed by atoms with E-state index in [1.165, 1.54) is 0 Å². The van der Waals surface area contributed by atoms with Crippen molar-refractivity contribution in [3.8, 4) is 0 Å². The van der Waals surface area contributed by atoms with E-state index in [-0.39, 0.29) is 5.91 Å². The lowest BCUT2D eigenvalue weighted by Crippen LogP contribution is -2.26. The van der Waals surface area contributed by atoms with Crippen LogP contribution in [-0.2, 0) is 6.42 Å². The molecular formula is C16H20N4O. The molecule has 2 heterocycles. The molecular weight excluding hydrogens is 264 g/mol. The van der Waals surface area contributed by atoms with Crippen LogP contribution < -0.4 is 10.6 Å². The topological polar surface area (TPSA) is 66.9 Å². The average Bonchev–Trinajstić information content (AvgIpc) is 2.54. The number of amides is 1. The maximum absolute atomic E-state index is 12.0. The summed E-state index contributed by atoms with van der Waals surface area (Å²) < 4.78 is 0. The summed E-state index contributed by atoms with van der Waals surface area (Å²) in [4.78, 5) is 20.4. The van der Waals surface area contributed by atoms with Crippen molar-refractivity contribution >= 4 is 11.6 Å². The molecule has 2 rings (SSSR count). The number of carbonyl (C=O) groups is 1. The van der Waals surface area contributed by atoms with Crippen molar-refractivity contribution in [3.63, 3.8) is 0 Å². The van der Waals surface area contributed by atoms with Gasteiger partial charge < -0.3 is 10.6 Å². The molecule has 0 saturated carbocycles. The predicted molar refractivity (Wildman–Crippen MR) is 83.3 cm³/mol. The van der Waals surface area contributed by atoms with Crippen molar-refractivity contribution in [1.29, 1.82) is 0 Å². The van der Waals surface area contributed by atoms with E-state index in [1.54, 1.807) is 18.5 Å². The van der Waals surface area contributed by atoms with Crippen LogP contribution in [0.5, 0.6) is 0 Å². The van der Waals surface area contributed by atoms with Crippen molar-refractivity contribution in [2.45, 2.75) is 19.8 Å². The quantitative estimate of drug-likeness (QED) is 0.818. The van der Waals surface area contributed by atoms with Gasteiger partial charge in [-0.1, -0.05) is 13.0 Å². The summed E-state index contributed by atoms with van der Waals surface area (Å²) in [5.74, 6) is -0.161. The number of hydrogen-bond acceptors (Lipinski definition) is 4. The molecule has 0 saturated heterocycles. The summed E-state index contributed by atoms with van der Waals surface area (Å²) >= 11 is 0. The molecule has 1 amide bonds. The molecule has 21 heavy (non-hydrogen) atoms. The predicted octanol–water partition coefficient (Wildman–Crippen LogP) is 2.27. The SMILES string of the molecule is CCCNc1ccnc(C(=O)NCCc2ccccn2)c1. The van der Waals surface area contributed by atoms with Crippen molar-refractivity contribution in [2.75, 3.05) is 18.4 Å². The molecule has 0 radical (unpaired) electrons. The zero-order chi connectivity index (χ0) is 14.9. The molecule has 0 aliphatic rings. The number of pyridine rings is 2. The third kappa shape index (κ3) is 4.87. The van der Waals surface area contributed by atoms with E-state index in [2.05, 4.69) is 27.5 Å². The van der Waals surface area contributed by atoms with E-state index in [9.17, 15) is 4.79 Å². The molecule has 0 bridgehead atoms. The minimum Gasteiger partial charge on any atom is -0.385 e. The molecule has 5 heteroatoms. The molecule has 2 N–H and O–H groups in total. The Morgan fingerprint density at radius 1 is 1.14 bits per heavy atom. The minimum atomic E-state index is -0.161. The van der Waals surface area contributed by atoms with Crippen LogP contribution >= 0.6 is 0 Å². The zero-order valence-electron chi connectivity index (χ0n) is 12.2. The Morgan fingerprint density at radius 3 is 2.81 bits per heavy atom. The molecule has 0 aliphatic carbocycles. The number of carbonyl (C=O) groups excluding carboxylic acids is 1. The number of hydrogen-bond donors (Lipinski definition) is 2. The van der Waals surface area contributed by atoms with Gasteiger partial charge in [-0.2, -0.15) is 0 Å². The lowest BCUT2D eigenvalue weighted by atomic mass is 10.2. The van der Waals surface area contributed by atoms with Crippen molar-refractivity contribution in [3.05, 3.63) is 54.1 Å². The van der Waals surface area contributed by atoms with Gasteiger partial charge in [0.05, 0.1) is 0 Å². The van der Waals surface area contributed by atoms with Crippen LogP contribution in [0.1, 0.15) is 29.5 Å². The van der Waals surface area contributed by atoms with Crippen LogP contribution in [-0.4, -0.2) is 29.0 Å². The third-order valence-electron chi connectivity index (χ3n) is 2.96. The van der Waals surface area contributed by atoms with Crippen molar-refractivity contribution in [2.24, 2.45) is 0 Å². The van der Waals surface area contributed by atoms with Gasteiger partial charge in [-0.05, 0) is 30.7 Å². The number of aromatic nitrogens is 2. The fraction of sp³-hybridized carbons (Fsp3) is 0.312. The monoisotopic (exact) mass is 284 g/mol. The summed E-state index contributed by atoms with van der Waals surface area (Å²) in [5.41, 5.74) is 2.31. The van der Waals surface area contributed by atoms with E-state index < -0.39 is 0 Å². The Kier molecular flexibility index (Phi) is 5.70. The molecule has 0 fully saturated rings. The first-order valence-corrected chi connectivity index (χ1v) is 7.17. The molecule has 0 aliphatic heterocycles. The number of nitrogens with one attached hydrogen (secondary N) is 2. The summed E-state index contributed by atoms with van der Waals surface area (Å²) in [5, 5.41) is 6.10. The highest BCUT2D eigenvalue weighted by molar-refractivity contribution is 5.93. The molecule has 2 aromatic rings. The molecule has 110 valence electrons. The van der Waals surface area contributed by atoms with E-state index in [0.717, 1.165) is 24.3 Å². The lowest BCUT2D eigenvalue weighted by molar-refractivity contribution is 0.0949. The van der Waals surface area contributed by atoms with Gasteiger partial charge in [0.15, 0.2) is 0 Å². The van der Waals surface area contributed by atoms with Crippen LogP contribution in [0, 0.1) is 0 Å². The number of nitrogens with zero attached hydrogens (tertiary/aromatic N) is 2. The molecule has 0 aromatic carbocycles. The smallest absolute Gasteiger partial charge is 0.269 e. The first-order chi connectivity index (χ1) is 10.3. The fourth-order valence-electron chi connectivity index (χ4n) is 1.87. The Hall–Kier alpha value is -2.43. The summed E-state index contributed by atoms with van der Waals surface area (Å²) in [6.45, 7) is 3.52. The summed E-state index contributed by atoms with van der Waals surface area (Å²) in [7, 11) is 0. The Bertz CT molecular complexity index is 571. The maximum atomic E-state index is 12.0. The molecule has 0 atom stereocenters. The van der Waals surface area contributed by atoms with Gasteiger partial charge in [-0.25, -0.2) is 0 Å². The largest absolute Gasteiger partial charge is 0.385 e. The molecule has 0 spiro atoms. The molecule has 2 aromatic heterocycles. The van der Waals surface area contributed by atoms with Gasteiger partial charge in [0.2, 0.25) is 0 Å². The standard InChI is InChI=1S/C16H20N4O/c1-2-8-17-14-7-10-19-15(12-14)16(21)20-11-6-13-5-3-4-9-18-13/h3-5,7,9-10,12H,2,6,8,11H2,1H3,(H,17,19)(H,20,21). The van der Waals surface area contributed by atoms with E-state index in [1.807, 2.05) is 24.3 Å². The van der Waals surface area contributed by atoms with Gasteiger partial charge in [0, 0.05) is 43.3 Å². The second-order valence-corrected chi connectivity index (χ2v) is 4.68. The first-order valence-electron chi connectivity index (χ1n) is 7.17. The van der Waals surface area contributed by atoms with Gasteiger partial charge in [-0.3, -0.25) is 14.8 Å². The maximum Gasteiger partial charge on any atom is 0.269 e. The Balaban J connectivity index is 1.85. The van der Waals surface area contributed by atoms with Gasteiger partial charge >= 0.3 is 0 Å². The second-order valence-electron chi connectivity index (χ2n) is 4.68. The highest BCUT2D eigenvalue weighted by Gasteiger charge is 2.07. The normalized spacial score (nSPS) is 10.1. The van der Waals surface area contributed by atoms with Crippen molar-refractivity contribution in [1.82, 2.24) is 15.3 Å².